The fourth-order valence-electron chi connectivity index (χ4n) is 5.39. The Balaban J connectivity index is 0.00000101. The molecule has 0 fully saturated rings. The van der Waals surface area contributed by atoms with Gasteiger partial charge in [-0.1, -0.05) is 102 Å². The number of aliphatic carboxylic acids is 1. The van der Waals surface area contributed by atoms with E-state index in [1.54, 1.807) is 5.69 Å². The Labute approximate surface area is 242 Å². The van der Waals surface area contributed by atoms with Crippen molar-refractivity contribution in [2.75, 3.05) is 0 Å². The summed E-state index contributed by atoms with van der Waals surface area (Å²) in [5, 5.41) is 8.78. The van der Waals surface area contributed by atoms with Crippen molar-refractivity contribution < 1.29 is 27.6 Å². The Morgan fingerprint density at radius 3 is 1.75 bits per heavy atom. The summed E-state index contributed by atoms with van der Waals surface area (Å²) in [6.07, 6.45) is 28.9. The van der Waals surface area contributed by atoms with Gasteiger partial charge in [-0.2, -0.15) is 17.7 Å². The molecule has 0 aliphatic carbocycles. The zero-order chi connectivity index (χ0) is 29.8. The van der Waals surface area contributed by atoms with Gasteiger partial charge in [0.2, 0.25) is 0 Å². The van der Waals surface area contributed by atoms with Crippen molar-refractivity contribution in [3.05, 3.63) is 40.2 Å². The number of halogens is 3. The average molecular weight is 566 g/mol. The molecule has 1 aliphatic heterocycles. The van der Waals surface area contributed by atoms with E-state index in [4.69, 9.17) is 9.90 Å². The molecule has 3 nitrogen and oxygen atoms in total. The molecule has 1 aromatic rings. The van der Waals surface area contributed by atoms with Crippen LogP contribution in [0.25, 0.3) is 12.2 Å². The first-order valence-electron chi connectivity index (χ1n) is 15.8. The molecular formula is C34H54F3NO2. The second-order valence-electron chi connectivity index (χ2n) is 11.1. The van der Waals surface area contributed by atoms with Gasteiger partial charge in [-0.05, 0) is 51.0 Å². The lowest BCUT2D eigenvalue weighted by atomic mass is 9.95. The van der Waals surface area contributed by atoms with E-state index in [-0.39, 0.29) is 0 Å². The normalized spacial score (nSPS) is 13.8. The summed E-state index contributed by atoms with van der Waals surface area (Å²) in [6, 6.07) is 0. The molecule has 0 radical (unpaired) electrons. The number of nitrogens with zero attached hydrogens (tertiary/aromatic N) is 1. The number of hydrogen-bond acceptors (Lipinski definition) is 2. The number of carboxylic acid groups (broad SMARTS) is 1. The van der Waals surface area contributed by atoms with Crippen molar-refractivity contribution in [3.63, 3.8) is 0 Å². The minimum Gasteiger partial charge on any atom is -0.542 e. The average Bonchev–Trinajstić information content (AvgIpc) is 3.16. The first kappa shape index (κ1) is 35.9. The third kappa shape index (κ3) is 14.0. The molecule has 0 saturated heterocycles. The van der Waals surface area contributed by atoms with Gasteiger partial charge in [0.25, 0.3) is 0 Å². The number of carboxylic acids is 1. The van der Waals surface area contributed by atoms with Gasteiger partial charge in [0.1, 0.15) is 12.5 Å². The molecule has 228 valence electrons. The number of carbonyl (C=O) groups is 1. The molecule has 0 unspecified atom stereocenters. The fraction of sp³-hybridized carbons (Fsp3) is 0.706. The third-order valence-electron chi connectivity index (χ3n) is 7.78. The first-order chi connectivity index (χ1) is 19.1. The summed E-state index contributed by atoms with van der Waals surface area (Å²) in [7, 11) is 0. The summed E-state index contributed by atoms with van der Waals surface area (Å²) >= 11 is 0. The van der Waals surface area contributed by atoms with Crippen LogP contribution >= 0.6 is 0 Å². The lowest BCUT2D eigenvalue weighted by molar-refractivity contribution is -0.709. The summed E-state index contributed by atoms with van der Waals surface area (Å²) in [5.74, 6) is -3.01. The molecule has 0 N–H and O–H groups in total. The van der Waals surface area contributed by atoms with Crippen LogP contribution < -0.4 is 9.67 Å². The topological polar surface area (TPSA) is 44.0 Å². The highest BCUT2D eigenvalue weighted by atomic mass is 19.4. The molecule has 0 atom stereocenters. The van der Waals surface area contributed by atoms with Crippen LogP contribution in [-0.2, 0) is 17.8 Å². The van der Waals surface area contributed by atoms with Gasteiger partial charge in [-0.15, -0.1) is 0 Å². The maximum Gasteiger partial charge on any atom is 0.430 e. The zero-order valence-corrected chi connectivity index (χ0v) is 25.6. The second kappa shape index (κ2) is 20.7. The van der Waals surface area contributed by atoms with E-state index < -0.39 is 12.1 Å². The molecule has 0 saturated carbocycles. The Bertz CT molecular complexity index is 919. The maximum atomic E-state index is 10.5. The van der Waals surface area contributed by atoms with Crippen LogP contribution in [0, 0.1) is 13.8 Å². The van der Waals surface area contributed by atoms with Crippen molar-refractivity contribution in [3.8, 4) is 0 Å². The first-order valence-corrected chi connectivity index (χ1v) is 15.8. The Hall–Kier alpha value is -2.11. The lowest BCUT2D eigenvalue weighted by Crippen LogP contribution is -2.42. The van der Waals surface area contributed by atoms with E-state index in [9.17, 15) is 13.2 Å². The SMILES string of the molecule is CCCCCCCC/C=C\c1c(C)c(/C=C\CCCCCCCC)c2[n+](c1C)CCCCC2.O=C([O-])C(F)(F)F. The summed E-state index contributed by atoms with van der Waals surface area (Å²) in [4.78, 5) is 8.78. The van der Waals surface area contributed by atoms with Crippen LogP contribution in [0.2, 0.25) is 0 Å². The van der Waals surface area contributed by atoms with Crippen LogP contribution in [0.4, 0.5) is 13.2 Å². The molecule has 0 bridgehead atoms. The number of fused-ring (bicyclic) bond motifs is 1. The van der Waals surface area contributed by atoms with Crippen LogP contribution in [0.15, 0.2) is 12.2 Å². The standard InChI is InChI=1S/C32H54N.C2HF3O2/c1-5-7-9-11-13-15-17-20-24-30-28(3)31(25-21-18-16-14-12-10-8-6-2)32-26-22-19-23-27-33(32)29(30)4;3-2(4,5)1(6)7/h20-21,24-25H,5-19,22-23,26-27H2,1-4H3;(H,6,7)/q+1;/p-1/b24-20-,25-21-;. The van der Waals surface area contributed by atoms with Crippen LogP contribution in [0.5, 0.6) is 0 Å². The number of hydrogen-bond donors (Lipinski definition) is 0. The van der Waals surface area contributed by atoms with Crippen molar-refractivity contribution in [1.82, 2.24) is 0 Å². The predicted octanol–water partition coefficient (Wildman–Crippen LogP) is 9.14. The minimum atomic E-state index is -5.19. The maximum absolute atomic E-state index is 10.5. The van der Waals surface area contributed by atoms with E-state index >= 15 is 0 Å². The molecule has 2 heterocycles. The number of allylic oxidation sites excluding steroid dienone is 2. The van der Waals surface area contributed by atoms with Gasteiger partial charge < -0.3 is 9.90 Å². The van der Waals surface area contributed by atoms with Gasteiger partial charge >= 0.3 is 6.18 Å². The van der Waals surface area contributed by atoms with E-state index in [0.717, 1.165) is 0 Å². The van der Waals surface area contributed by atoms with E-state index in [0.29, 0.717) is 0 Å². The molecule has 2 rings (SSSR count). The highest BCUT2D eigenvalue weighted by Crippen LogP contribution is 2.25. The summed E-state index contributed by atoms with van der Waals surface area (Å²) < 4.78 is 34.2. The summed E-state index contributed by atoms with van der Waals surface area (Å²) in [5.41, 5.74) is 7.57. The smallest absolute Gasteiger partial charge is 0.430 e. The number of pyridine rings is 1. The largest absolute Gasteiger partial charge is 0.542 e. The van der Waals surface area contributed by atoms with Crippen molar-refractivity contribution in [2.24, 2.45) is 0 Å². The molecular weight excluding hydrogens is 511 g/mol. The van der Waals surface area contributed by atoms with Crippen LogP contribution in [-0.4, -0.2) is 12.1 Å². The van der Waals surface area contributed by atoms with Gasteiger partial charge in [-0.25, -0.2) is 0 Å². The van der Waals surface area contributed by atoms with Crippen LogP contribution in [0.1, 0.15) is 151 Å². The van der Waals surface area contributed by atoms with Gasteiger partial charge in [0, 0.05) is 30.9 Å². The molecule has 0 spiro atoms. The van der Waals surface area contributed by atoms with Crippen LogP contribution in [0.3, 0.4) is 0 Å². The monoisotopic (exact) mass is 565 g/mol. The number of alkyl halides is 3. The van der Waals surface area contributed by atoms with E-state index in [2.05, 4.69) is 56.6 Å². The number of carbonyl (C=O) groups excluding carboxylic acids is 1. The van der Waals surface area contributed by atoms with E-state index in [1.165, 1.54) is 145 Å². The highest BCUT2D eigenvalue weighted by molar-refractivity contribution is 5.70. The van der Waals surface area contributed by atoms with Crippen molar-refractivity contribution in [2.45, 2.75) is 156 Å². The van der Waals surface area contributed by atoms with Gasteiger partial charge in [-0.3, -0.25) is 0 Å². The Morgan fingerprint density at radius 2 is 1.25 bits per heavy atom. The Morgan fingerprint density at radius 1 is 0.775 bits per heavy atom. The molecule has 6 heteroatoms. The zero-order valence-electron chi connectivity index (χ0n) is 25.6. The Kier molecular flexibility index (Phi) is 18.6. The van der Waals surface area contributed by atoms with Gasteiger partial charge in [0.15, 0.2) is 11.4 Å². The van der Waals surface area contributed by atoms with E-state index in [1.807, 2.05) is 0 Å². The molecule has 1 aromatic heterocycles. The second-order valence-corrected chi connectivity index (χ2v) is 11.1. The van der Waals surface area contributed by atoms with Crippen molar-refractivity contribution in [1.29, 1.82) is 0 Å². The molecule has 40 heavy (non-hydrogen) atoms. The number of unbranched alkanes of at least 4 members (excludes halogenated alkanes) is 12. The third-order valence-corrected chi connectivity index (χ3v) is 7.78. The highest BCUT2D eigenvalue weighted by Gasteiger charge is 2.29. The molecule has 0 aromatic carbocycles. The number of rotatable bonds is 16. The molecule has 1 aliphatic rings. The predicted molar refractivity (Wildman–Crippen MR) is 159 cm³/mol. The molecule has 0 amide bonds. The quantitative estimate of drug-likeness (QED) is 0.148. The lowest BCUT2D eigenvalue weighted by Gasteiger charge is -2.14. The summed E-state index contributed by atoms with van der Waals surface area (Å²) in [6.45, 7) is 10.5. The minimum absolute atomic E-state index is 1.19. The van der Waals surface area contributed by atoms with Gasteiger partial charge in [0.05, 0.1) is 0 Å². The fourth-order valence-corrected chi connectivity index (χ4v) is 5.39. The number of aromatic nitrogens is 1. The van der Waals surface area contributed by atoms with Crippen molar-refractivity contribution >= 4 is 18.1 Å².